The van der Waals surface area contributed by atoms with Gasteiger partial charge in [-0.1, -0.05) is 12.8 Å². The highest BCUT2D eigenvalue weighted by Crippen LogP contribution is 2.17. The van der Waals surface area contributed by atoms with Gasteiger partial charge in [-0.3, -0.25) is 9.59 Å². The highest BCUT2D eigenvalue weighted by molar-refractivity contribution is 6.03. The average Bonchev–Trinajstić information content (AvgIpc) is 3.00. The molecule has 2 N–H and O–H groups in total. The second-order valence-electron chi connectivity index (χ2n) is 5.57. The fourth-order valence-electron chi connectivity index (χ4n) is 2.60. The van der Waals surface area contributed by atoms with E-state index < -0.39 is 5.97 Å². The summed E-state index contributed by atoms with van der Waals surface area (Å²) < 4.78 is 4.89. The molecule has 1 saturated carbocycles. The maximum absolute atomic E-state index is 11.9. The SMILES string of the molecule is CCOC(=O)c1ccc(NC(=O)CC(=O)NC2CCCC2)cc1. The summed E-state index contributed by atoms with van der Waals surface area (Å²) in [4.78, 5) is 35.2. The van der Waals surface area contributed by atoms with E-state index in [9.17, 15) is 14.4 Å². The Labute approximate surface area is 135 Å². The van der Waals surface area contributed by atoms with Gasteiger partial charge in [0.05, 0.1) is 12.2 Å². The standard InChI is InChI=1S/C17H22N2O4/c1-2-23-17(22)12-7-9-14(10-8-12)19-16(21)11-15(20)18-13-5-3-4-6-13/h7-10,13H,2-6,11H2,1H3,(H,18,20)(H,19,21). The van der Waals surface area contributed by atoms with Crippen LogP contribution in [0, 0.1) is 0 Å². The van der Waals surface area contributed by atoms with Gasteiger partial charge in [-0.2, -0.15) is 0 Å². The summed E-state index contributed by atoms with van der Waals surface area (Å²) in [5.41, 5.74) is 0.959. The Morgan fingerprint density at radius 2 is 1.74 bits per heavy atom. The Balaban J connectivity index is 1.80. The number of ether oxygens (including phenoxy) is 1. The van der Waals surface area contributed by atoms with Crippen LogP contribution >= 0.6 is 0 Å². The molecule has 6 heteroatoms. The molecule has 0 bridgehead atoms. The predicted octanol–water partition coefficient (Wildman–Crippen LogP) is 2.25. The minimum Gasteiger partial charge on any atom is -0.462 e. The van der Waals surface area contributed by atoms with E-state index in [1.54, 1.807) is 31.2 Å². The summed E-state index contributed by atoms with van der Waals surface area (Å²) in [5.74, 6) is -1.02. The van der Waals surface area contributed by atoms with Crippen LogP contribution in [0.3, 0.4) is 0 Å². The number of nitrogens with one attached hydrogen (secondary N) is 2. The lowest BCUT2D eigenvalue weighted by Gasteiger charge is -2.12. The first kappa shape index (κ1) is 17.0. The molecular formula is C17H22N2O4. The zero-order valence-corrected chi connectivity index (χ0v) is 13.3. The van der Waals surface area contributed by atoms with Crippen LogP contribution in [0.5, 0.6) is 0 Å². The molecule has 2 rings (SSSR count). The number of rotatable bonds is 6. The smallest absolute Gasteiger partial charge is 0.338 e. The van der Waals surface area contributed by atoms with Gasteiger partial charge in [-0.05, 0) is 44.0 Å². The Morgan fingerprint density at radius 3 is 2.35 bits per heavy atom. The van der Waals surface area contributed by atoms with Crippen molar-refractivity contribution in [3.05, 3.63) is 29.8 Å². The molecule has 1 aliphatic carbocycles. The van der Waals surface area contributed by atoms with Gasteiger partial charge in [0.15, 0.2) is 0 Å². The molecule has 0 saturated heterocycles. The molecule has 0 aliphatic heterocycles. The predicted molar refractivity (Wildman–Crippen MR) is 86.0 cm³/mol. The van der Waals surface area contributed by atoms with E-state index in [0.717, 1.165) is 25.7 Å². The fourth-order valence-corrected chi connectivity index (χ4v) is 2.60. The highest BCUT2D eigenvalue weighted by atomic mass is 16.5. The minimum atomic E-state index is -0.402. The quantitative estimate of drug-likeness (QED) is 0.622. The lowest BCUT2D eigenvalue weighted by molar-refractivity contribution is -0.127. The van der Waals surface area contributed by atoms with E-state index in [0.29, 0.717) is 17.9 Å². The van der Waals surface area contributed by atoms with Crippen molar-refractivity contribution in [2.75, 3.05) is 11.9 Å². The van der Waals surface area contributed by atoms with E-state index in [1.165, 1.54) is 0 Å². The normalized spacial score (nSPS) is 14.3. The van der Waals surface area contributed by atoms with Crippen LogP contribution in [0.2, 0.25) is 0 Å². The van der Waals surface area contributed by atoms with Gasteiger partial charge in [-0.15, -0.1) is 0 Å². The number of anilines is 1. The molecule has 0 spiro atoms. The zero-order chi connectivity index (χ0) is 16.7. The van der Waals surface area contributed by atoms with Crippen molar-refractivity contribution in [2.45, 2.75) is 45.1 Å². The number of esters is 1. The molecule has 23 heavy (non-hydrogen) atoms. The molecule has 0 atom stereocenters. The minimum absolute atomic E-state index is 0.198. The molecule has 1 aromatic rings. The highest BCUT2D eigenvalue weighted by Gasteiger charge is 2.18. The molecule has 0 radical (unpaired) electrons. The molecule has 0 heterocycles. The van der Waals surface area contributed by atoms with Crippen LogP contribution in [0.4, 0.5) is 5.69 Å². The number of hydrogen-bond acceptors (Lipinski definition) is 4. The molecule has 1 fully saturated rings. The molecule has 6 nitrogen and oxygen atoms in total. The molecule has 0 unspecified atom stereocenters. The van der Waals surface area contributed by atoms with E-state index in [-0.39, 0.29) is 24.3 Å². The summed E-state index contributed by atoms with van der Waals surface area (Å²) in [6.45, 7) is 2.05. The van der Waals surface area contributed by atoms with Gasteiger partial charge < -0.3 is 15.4 Å². The molecular weight excluding hydrogens is 296 g/mol. The Kier molecular flexibility index (Phi) is 6.14. The molecule has 1 aromatic carbocycles. The Morgan fingerprint density at radius 1 is 1.09 bits per heavy atom. The van der Waals surface area contributed by atoms with Gasteiger partial charge in [0, 0.05) is 11.7 Å². The summed E-state index contributed by atoms with van der Waals surface area (Å²) >= 11 is 0. The maximum Gasteiger partial charge on any atom is 0.338 e. The zero-order valence-electron chi connectivity index (χ0n) is 13.3. The Hall–Kier alpha value is -2.37. The summed E-state index contributed by atoms with van der Waals surface area (Å²) in [7, 11) is 0. The van der Waals surface area contributed by atoms with Crippen molar-refractivity contribution in [3.63, 3.8) is 0 Å². The third-order valence-corrected chi connectivity index (χ3v) is 3.72. The number of amides is 2. The average molecular weight is 318 g/mol. The first-order chi connectivity index (χ1) is 11.1. The van der Waals surface area contributed by atoms with Crippen LogP contribution in [-0.4, -0.2) is 30.4 Å². The topological polar surface area (TPSA) is 84.5 Å². The van der Waals surface area contributed by atoms with Crippen LogP contribution < -0.4 is 10.6 Å². The van der Waals surface area contributed by atoms with Crippen molar-refractivity contribution in [3.8, 4) is 0 Å². The second kappa shape index (κ2) is 8.31. The van der Waals surface area contributed by atoms with Crippen LogP contribution in [0.1, 0.15) is 49.4 Å². The van der Waals surface area contributed by atoms with Crippen molar-refractivity contribution >= 4 is 23.5 Å². The number of carbonyl (C=O) groups excluding carboxylic acids is 3. The largest absolute Gasteiger partial charge is 0.462 e. The monoisotopic (exact) mass is 318 g/mol. The van der Waals surface area contributed by atoms with Crippen LogP contribution in [0.15, 0.2) is 24.3 Å². The van der Waals surface area contributed by atoms with Gasteiger partial charge in [0.25, 0.3) is 0 Å². The number of hydrogen-bond donors (Lipinski definition) is 2. The van der Waals surface area contributed by atoms with Crippen molar-refractivity contribution < 1.29 is 19.1 Å². The van der Waals surface area contributed by atoms with E-state index >= 15 is 0 Å². The lowest BCUT2D eigenvalue weighted by atomic mass is 10.2. The van der Waals surface area contributed by atoms with Gasteiger partial charge in [0.1, 0.15) is 6.42 Å². The van der Waals surface area contributed by atoms with Crippen molar-refractivity contribution in [1.82, 2.24) is 5.32 Å². The molecule has 2 amide bonds. The van der Waals surface area contributed by atoms with E-state index in [1.807, 2.05) is 0 Å². The Bertz CT molecular complexity index is 562. The first-order valence-corrected chi connectivity index (χ1v) is 7.95. The molecule has 124 valence electrons. The number of carbonyl (C=O) groups is 3. The first-order valence-electron chi connectivity index (χ1n) is 7.95. The van der Waals surface area contributed by atoms with Crippen molar-refractivity contribution in [1.29, 1.82) is 0 Å². The van der Waals surface area contributed by atoms with Gasteiger partial charge in [-0.25, -0.2) is 4.79 Å². The maximum atomic E-state index is 11.9. The number of benzene rings is 1. The summed E-state index contributed by atoms with van der Waals surface area (Å²) in [6, 6.07) is 6.58. The summed E-state index contributed by atoms with van der Waals surface area (Å²) in [5, 5.41) is 5.52. The van der Waals surface area contributed by atoms with Gasteiger partial charge >= 0.3 is 5.97 Å². The van der Waals surface area contributed by atoms with E-state index in [2.05, 4.69) is 10.6 Å². The third kappa shape index (κ3) is 5.39. The summed E-state index contributed by atoms with van der Waals surface area (Å²) in [6.07, 6.45) is 4.04. The van der Waals surface area contributed by atoms with Crippen LogP contribution in [0.25, 0.3) is 0 Å². The van der Waals surface area contributed by atoms with Gasteiger partial charge in [0.2, 0.25) is 11.8 Å². The fraction of sp³-hybridized carbons (Fsp3) is 0.471. The molecule has 1 aliphatic rings. The van der Waals surface area contributed by atoms with Crippen molar-refractivity contribution in [2.24, 2.45) is 0 Å². The third-order valence-electron chi connectivity index (χ3n) is 3.72. The van der Waals surface area contributed by atoms with Crippen LogP contribution in [-0.2, 0) is 14.3 Å². The second-order valence-corrected chi connectivity index (χ2v) is 5.57. The molecule has 0 aromatic heterocycles. The van der Waals surface area contributed by atoms with E-state index in [4.69, 9.17) is 4.74 Å². The lowest BCUT2D eigenvalue weighted by Crippen LogP contribution is -2.35.